The van der Waals surface area contributed by atoms with Crippen LogP contribution in [0.15, 0.2) is 24.3 Å². The fraction of sp³-hybridized carbons (Fsp3) is 0.667. The van der Waals surface area contributed by atoms with Gasteiger partial charge in [0, 0.05) is 13.5 Å². The fourth-order valence-electron chi connectivity index (χ4n) is 4.20. The molecule has 1 aliphatic heterocycles. The minimum Gasteiger partial charge on any atom is -0.497 e. The van der Waals surface area contributed by atoms with Gasteiger partial charge in [-0.3, -0.25) is 4.90 Å². The molecule has 0 spiro atoms. The first-order chi connectivity index (χ1) is 16.1. The van der Waals surface area contributed by atoms with Gasteiger partial charge >= 0.3 is 12.1 Å². The average Bonchev–Trinajstić information content (AvgIpc) is 2.81. The van der Waals surface area contributed by atoms with Gasteiger partial charge in [0.15, 0.2) is 0 Å². The topological polar surface area (TPSA) is 94.5 Å². The molecular weight excluding hydrogens is 452 g/mol. The van der Waals surface area contributed by atoms with E-state index in [-0.39, 0.29) is 25.7 Å². The predicted molar refractivity (Wildman–Crippen MR) is 120 cm³/mol. The Bertz CT molecular complexity index is 785. The number of alkyl halides is 2. The van der Waals surface area contributed by atoms with E-state index < -0.39 is 42.7 Å². The maximum Gasteiger partial charge on any atom is 0.409 e. The lowest BCUT2D eigenvalue weighted by Crippen LogP contribution is -2.47. The van der Waals surface area contributed by atoms with Crippen molar-refractivity contribution in [2.75, 3.05) is 27.6 Å². The fourth-order valence-corrected chi connectivity index (χ4v) is 4.20. The molecule has 1 amide bonds. The lowest BCUT2D eigenvalue weighted by atomic mass is 9.86. The number of esters is 1. The predicted octanol–water partition coefficient (Wildman–Crippen LogP) is 4.35. The Morgan fingerprint density at radius 3 is 2.47 bits per heavy atom. The van der Waals surface area contributed by atoms with Crippen molar-refractivity contribution < 1.29 is 42.4 Å². The Kier molecular flexibility index (Phi) is 10.5. The SMILES string of the molecule is COCN(C(=O)O)[C@H]1CCC[C@H](Cc2ccc(OC)cc2)[C@@H](OCCC(C)(F)F)[C@H](C)OC1=O. The van der Waals surface area contributed by atoms with Gasteiger partial charge in [-0.05, 0) is 56.7 Å². The Labute approximate surface area is 199 Å². The van der Waals surface area contributed by atoms with Gasteiger partial charge in [0.05, 0.1) is 19.8 Å². The first kappa shape index (κ1) is 27.8. The molecule has 1 N–H and O–H groups in total. The number of rotatable bonds is 10. The second-order valence-electron chi connectivity index (χ2n) is 8.73. The molecule has 2 rings (SSSR count). The monoisotopic (exact) mass is 487 g/mol. The molecule has 34 heavy (non-hydrogen) atoms. The second kappa shape index (κ2) is 12.9. The van der Waals surface area contributed by atoms with Crippen LogP contribution in [0.25, 0.3) is 0 Å². The minimum absolute atomic E-state index is 0.138. The molecule has 10 heteroatoms. The maximum absolute atomic E-state index is 13.4. The third-order valence-electron chi connectivity index (χ3n) is 5.95. The van der Waals surface area contributed by atoms with Gasteiger partial charge < -0.3 is 24.1 Å². The van der Waals surface area contributed by atoms with Crippen LogP contribution < -0.4 is 4.74 Å². The van der Waals surface area contributed by atoms with Crippen LogP contribution in [0.2, 0.25) is 0 Å². The lowest BCUT2D eigenvalue weighted by molar-refractivity contribution is -0.166. The van der Waals surface area contributed by atoms with Crippen molar-refractivity contribution in [2.45, 2.75) is 70.1 Å². The number of amides is 1. The summed E-state index contributed by atoms with van der Waals surface area (Å²) in [5, 5.41) is 9.54. The lowest BCUT2D eigenvalue weighted by Gasteiger charge is -2.32. The Balaban J connectivity index is 2.27. The minimum atomic E-state index is -2.88. The quantitative estimate of drug-likeness (QED) is 0.387. The number of halogens is 2. The van der Waals surface area contributed by atoms with Crippen LogP contribution in [0.5, 0.6) is 5.75 Å². The third-order valence-corrected chi connectivity index (χ3v) is 5.95. The smallest absolute Gasteiger partial charge is 0.409 e. The van der Waals surface area contributed by atoms with Crippen molar-refractivity contribution >= 4 is 12.1 Å². The summed E-state index contributed by atoms with van der Waals surface area (Å²) in [6.07, 6.45) is -1.20. The summed E-state index contributed by atoms with van der Waals surface area (Å²) >= 11 is 0. The van der Waals surface area contributed by atoms with Crippen molar-refractivity contribution in [3.05, 3.63) is 29.8 Å². The van der Waals surface area contributed by atoms with E-state index in [1.807, 2.05) is 24.3 Å². The standard InChI is InChI=1S/C24H35F2NO7/c1-16-21(33-13-12-24(2,25)26)18(14-17-8-10-19(32-4)11-9-17)6-5-7-20(22(28)34-16)27(15-31-3)23(29)30/h8-11,16,18,20-21H,5-7,12-15H2,1-4H3,(H,29,30)/t16-,18+,20-,21-/m0/s1. The zero-order valence-electron chi connectivity index (χ0n) is 20.2. The number of hydrogen-bond acceptors (Lipinski definition) is 6. The number of cyclic esters (lactones) is 1. The summed E-state index contributed by atoms with van der Waals surface area (Å²) < 4.78 is 48.5. The second-order valence-corrected chi connectivity index (χ2v) is 8.73. The van der Waals surface area contributed by atoms with Gasteiger partial charge in [0.25, 0.3) is 0 Å². The number of carboxylic acid groups (broad SMARTS) is 1. The normalized spacial score (nSPS) is 23.9. The number of hydrogen-bond donors (Lipinski definition) is 1. The molecule has 0 unspecified atom stereocenters. The molecule has 192 valence electrons. The first-order valence-electron chi connectivity index (χ1n) is 11.4. The van der Waals surface area contributed by atoms with Crippen molar-refractivity contribution in [1.82, 2.24) is 4.90 Å². The molecular formula is C24H35F2NO7. The Morgan fingerprint density at radius 1 is 1.24 bits per heavy atom. The summed E-state index contributed by atoms with van der Waals surface area (Å²) in [6, 6.07) is 6.50. The molecule has 0 aliphatic carbocycles. The van der Waals surface area contributed by atoms with E-state index in [1.165, 1.54) is 7.11 Å². The average molecular weight is 488 g/mol. The van der Waals surface area contributed by atoms with Crippen molar-refractivity contribution in [3.63, 3.8) is 0 Å². The van der Waals surface area contributed by atoms with Gasteiger partial charge in [0.2, 0.25) is 5.92 Å². The van der Waals surface area contributed by atoms with Gasteiger partial charge in [-0.15, -0.1) is 0 Å². The van der Waals surface area contributed by atoms with E-state index in [2.05, 4.69) is 0 Å². The molecule has 0 radical (unpaired) electrons. The van der Waals surface area contributed by atoms with Crippen LogP contribution in [0.4, 0.5) is 13.6 Å². The van der Waals surface area contributed by atoms with E-state index in [4.69, 9.17) is 18.9 Å². The number of carbonyl (C=O) groups excluding carboxylic acids is 1. The molecule has 1 heterocycles. The first-order valence-corrected chi connectivity index (χ1v) is 11.4. The highest BCUT2D eigenvalue weighted by Gasteiger charge is 2.38. The zero-order valence-corrected chi connectivity index (χ0v) is 20.2. The van der Waals surface area contributed by atoms with E-state index in [0.717, 1.165) is 17.4 Å². The van der Waals surface area contributed by atoms with Crippen LogP contribution in [-0.4, -0.2) is 73.8 Å². The largest absolute Gasteiger partial charge is 0.497 e. The highest BCUT2D eigenvalue weighted by Crippen LogP contribution is 2.30. The number of carbonyl (C=O) groups is 2. The molecule has 4 atom stereocenters. The van der Waals surface area contributed by atoms with Gasteiger partial charge in [0.1, 0.15) is 24.6 Å². The molecule has 8 nitrogen and oxygen atoms in total. The van der Waals surface area contributed by atoms with Crippen LogP contribution in [0, 0.1) is 5.92 Å². The van der Waals surface area contributed by atoms with E-state index in [1.54, 1.807) is 14.0 Å². The number of methoxy groups -OCH3 is 2. The summed E-state index contributed by atoms with van der Waals surface area (Å²) in [5.41, 5.74) is 1.00. The van der Waals surface area contributed by atoms with E-state index in [0.29, 0.717) is 25.0 Å². The molecule has 0 aromatic heterocycles. The molecule has 0 saturated carbocycles. The number of benzene rings is 1. The number of ether oxygens (including phenoxy) is 4. The molecule has 1 aliphatic rings. The molecule has 0 bridgehead atoms. The van der Waals surface area contributed by atoms with E-state index in [9.17, 15) is 23.5 Å². The third kappa shape index (κ3) is 8.39. The summed E-state index contributed by atoms with van der Waals surface area (Å²) in [6.45, 7) is 2.02. The number of nitrogens with zero attached hydrogens (tertiary/aromatic N) is 1. The zero-order chi connectivity index (χ0) is 25.3. The van der Waals surface area contributed by atoms with Crippen molar-refractivity contribution in [3.8, 4) is 5.75 Å². The van der Waals surface area contributed by atoms with Gasteiger partial charge in [-0.25, -0.2) is 18.4 Å². The van der Waals surface area contributed by atoms with Crippen molar-refractivity contribution in [2.24, 2.45) is 5.92 Å². The van der Waals surface area contributed by atoms with Crippen molar-refractivity contribution in [1.29, 1.82) is 0 Å². The van der Waals surface area contributed by atoms with Crippen LogP contribution in [0.3, 0.4) is 0 Å². The molecule has 1 fully saturated rings. The summed E-state index contributed by atoms with van der Waals surface area (Å²) in [5.74, 6) is -3.00. The van der Waals surface area contributed by atoms with Crippen LogP contribution >= 0.6 is 0 Å². The van der Waals surface area contributed by atoms with E-state index >= 15 is 0 Å². The highest BCUT2D eigenvalue weighted by atomic mass is 19.3. The van der Waals surface area contributed by atoms with Gasteiger partial charge in [-0.2, -0.15) is 0 Å². The summed E-state index contributed by atoms with van der Waals surface area (Å²) in [4.78, 5) is 25.5. The molecule has 1 saturated heterocycles. The Morgan fingerprint density at radius 2 is 1.91 bits per heavy atom. The highest BCUT2D eigenvalue weighted by molar-refractivity contribution is 5.81. The Hall–Kier alpha value is -2.46. The van der Waals surface area contributed by atoms with Gasteiger partial charge in [-0.1, -0.05) is 18.6 Å². The van der Waals surface area contributed by atoms with Crippen LogP contribution in [-0.2, 0) is 25.4 Å². The summed E-state index contributed by atoms with van der Waals surface area (Å²) in [7, 11) is 2.93. The maximum atomic E-state index is 13.4. The molecule has 1 aromatic rings. The molecule has 1 aromatic carbocycles. The van der Waals surface area contributed by atoms with Crippen LogP contribution in [0.1, 0.15) is 45.1 Å².